The van der Waals surface area contributed by atoms with Gasteiger partial charge < -0.3 is 15.0 Å². The van der Waals surface area contributed by atoms with E-state index in [2.05, 4.69) is 73.0 Å². The lowest BCUT2D eigenvalue weighted by atomic mass is 9.93. The third kappa shape index (κ3) is 7.26. The first kappa shape index (κ1) is 37.0. The van der Waals surface area contributed by atoms with Gasteiger partial charge in [-0.2, -0.15) is 5.26 Å². The maximum atomic E-state index is 13.0. The molecule has 2 saturated carbocycles. The molecule has 0 atom stereocenters. The third-order valence-corrected chi connectivity index (χ3v) is 13.1. The highest BCUT2D eigenvalue weighted by Crippen LogP contribution is 2.53. The molecule has 1 N–H and O–H groups in total. The van der Waals surface area contributed by atoms with Crippen LogP contribution in [0.2, 0.25) is 5.02 Å². The second kappa shape index (κ2) is 15.0. The molecule has 2 aliphatic carbocycles. The number of ether oxygens (including phenoxy) is 1. The number of nitrogens with one attached hydrogen (secondary N) is 1. The molecular formula is C43H41ClN10O2S. The number of benzene rings is 1. The molecule has 1 aromatic carbocycles. The average molecular weight is 797 g/mol. The number of piperidine rings is 1. The molecule has 14 heteroatoms. The zero-order chi connectivity index (χ0) is 39.3. The first-order valence-corrected chi connectivity index (χ1v) is 20.7. The number of thiophene rings is 1. The lowest BCUT2D eigenvalue weighted by Gasteiger charge is -2.30. The van der Waals surface area contributed by atoms with Gasteiger partial charge in [0.05, 0.1) is 22.4 Å². The normalized spacial score (nSPS) is 19.6. The first-order chi connectivity index (χ1) is 27.7. The maximum absolute atomic E-state index is 13.0. The number of nitriles is 1. The number of pyridine rings is 1. The van der Waals surface area contributed by atoms with Crippen molar-refractivity contribution in [3.63, 3.8) is 0 Å². The quantitative estimate of drug-likeness (QED) is 0.176. The molecule has 57 heavy (non-hydrogen) atoms. The van der Waals surface area contributed by atoms with Crippen molar-refractivity contribution in [2.45, 2.75) is 89.8 Å². The number of hydrogen-bond donors (Lipinski definition) is 1. The van der Waals surface area contributed by atoms with Crippen LogP contribution in [0, 0.1) is 49.9 Å². The SMILES string of the molecule is Cc1sc2c(c1C)C(c1ccc(C#CC3CCN(c4ccc(C(=O)N[C@H]5CC[C@H](Oc6ccc(C#N)c(Cl)c6)CC5)nn4)CC3)nc1)=NC1(CC1)c1nnc(C)n1-2. The summed E-state index contributed by atoms with van der Waals surface area (Å²) in [5.74, 6) is 10.1. The molecule has 1 spiro atoms. The number of aromatic nitrogens is 6. The van der Waals surface area contributed by atoms with Gasteiger partial charge in [-0.15, -0.1) is 31.7 Å². The van der Waals surface area contributed by atoms with Gasteiger partial charge in [0.2, 0.25) is 0 Å². The number of carbonyl (C=O) groups is 1. The summed E-state index contributed by atoms with van der Waals surface area (Å²) in [4.78, 5) is 26.6. The lowest BCUT2D eigenvalue weighted by molar-refractivity contribution is 0.0888. The van der Waals surface area contributed by atoms with Crippen molar-refractivity contribution < 1.29 is 9.53 Å². The molecule has 12 nitrogen and oxygen atoms in total. The van der Waals surface area contributed by atoms with Crippen molar-refractivity contribution >= 4 is 40.4 Å². The fourth-order valence-electron chi connectivity index (χ4n) is 8.02. The molecule has 1 saturated heterocycles. The average Bonchev–Trinajstić information content (AvgIpc) is 3.85. The number of carbonyl (C=O) groups excluding carboxylic acids is 1. The van der Waals surface area contributed by atoms with E-state index in [-0.39, 0.29) is 29.5 Å². The Morgan fingerprint density at radius 1 is 0.982 bits per heavy atom. The summed E-state index contributed by atoms with van der Waals surface area (Å²) in [5.41, 5.74) is 5.50. The summed E-state index contributed by atoms with van der Waals surface area (Å²) in [7, 11) is 0. The van der Waals surface area contributed by atoms with Crippen LogP contribution in [0.25, 0.3) is 5.00 Å². The largest absolute Gasteiger partial charge is 0.490 e. The van der Waals surface area contributed by atoms with E-state index >= 15 is 0 Å². The molecule has 2 aliphatic heterocycles. The Balaban J connectivity index is 0.772. The van der Waals surface area contributed by atoms with Gasteiger partial charge in [-0.3, -0.25) is 14.4 Å². The number of anilines is 1. The summed E-state index contributed by atoms with van der Waals surface area (Å²) in [6.07, 6.45) is 8.87. The lowest BCUT2D eigenvalue weighted by Crippen LogP contribution is -2.40. The van der Waals surface area contributed by atoms with Crippen molar-refractivity contribution in [3.8, 4) is 28.7 Å². The number of hydrogen-bond acceptors (Lipinski definition) is 11. The van der Waals surface area contributed by atoms with E-state index in [0.717, 1.165) is 109 Å². The number of aliphatic imine (C=N–C) groups is 1. The van der Waals surface area contributed by atoms with Crippen LogP contribution >= 0.6 is 22.9 Å². The van der Waals surface area contributed by atoms with Gasteiger partial charge in [0.1, 0.15) is 33.9 Å². The van der Waals surface area contributed by atoms with Crippen molar-refractivity contribution in [1.82, 2.24) is 35.3 Å². The Labute approximate surface area is 340 Å². The smallest absolute Gasteiger partial charge is 0.272 e. The van der Waals surface area contributed by atoms with E-state index < -0.39 is 0 Å². The Hall–Kier alpha value is -5.63. The van der Waals surface area contributed by atoms with Crippen LogP contribution in [-0.4, -0.2) is 66.8 Å². The molecule has 288 valence electrons. The van der Waals surface area contributed by atoms with Gasteiger partial charge >= 0.3 is 0 Å². The molecule has 3 fully saturated rings. The number of aryl methyl sites for hydroxylation is 2. The Morgan fingerprint density at radius 3 is 2.47 bits per heavy atom. The minimum absolute atomic E-state index is 0.0298. The van der Waals surface area contributed by atoms with Crippen LogP contribution in [0.3, 0.4) is 0 Å². The fourth-order valence-corrected chi connectivity index (χ4v) is 9.44. The van der Waals surface area contributed by atoms with Gasteiger partial charge in [0.25, 0.3) is 5.91 Å². The molecule has 1 amide bonds. The van der Waals surface area contributed by atoms with E-state index in [1.54, 1.807) is 35.6 Å². The molecule has 0 unspecified atom stereocenters. The summed E-state index contributed by atoms with van der Waals surface area (Å²) in [6, 6.07) is 15.0. The summed E-state index contributed by atoms with van der Waals surface area (Å²) < 4.78 is 8.30. The molecule has 0 radical (unpaired) electrons. The van der Waals surface area contributed by atoms with E-state index in [9.17, 15) is 4.79 Å². The van der Waals surface area contributed by atoms with Gasteiger partial charge in [-0.25, -0.2) is 4.98 Å². The molecule has 4 aromatic heterocycles. The van der Waals surface area contributed by atoms with E-state index in [4.69, 9.17) is 31.6 Å². The van der Waals surface area contributed by atoms with Crippen LogP contribution in [-0.2, 0) is 5.54 Å². The number of nitrogens with zero attached hydrogens (tertiary/aromatic N) is 9. The highest BCUT2D eigenvalue weighted by molar-refractivity contribution is 7.15. The third-order valence-electron chi connectivity index (χ3n) is 11.6. The summed E-state index contributed by atoms with van der Waals surface area (Å²) in [5, 5.41) is 31.4. The van der Waals surface area contributed by atoms with E-state index in [1.165, 1.54) is 10.4 Å². The molecule has 5 aromatic rings. The van der Waals surface area contributed by atoms with Crippen LogP contribution in [0.4, 0.5) is 5.82 Å². The summed E-state index contributed by atoms with van der Waals surface area (Å²) in [6.45, 7) is 7.97. The minimum Gasteiger partial charge on any atom is -0.490 e. The van der Waals surface area contributed by atoms with Crippen molar-refractivity contribution in [3.05, 3.63) is 104 Å². The standard InChI is InChI=1S/C43H41ClN10O2S/c1-25-26(2)57-41-38(25)39(48-43(18-19-43)42-52-49-27(3)54(41)42)30-5-8-31(46-24-30)7-4-28-16-20-53(21-17-28)37-15-14-36(50-51-37)40(55)47-32-9-12-33(13-10-32)56-34-11-6-29(23-45)35(44)22-34/h5-6,8,11,14-15,22,24,28,32-33H,9-10,12-13,16-21H2,1-3H3,(H,47,55)/t32-,33-. The number of amides is 1. The number of rotatable bonds is 6. The zero-order valence-corrected chi connectivity index (χ0v) is 33.6. The molecular weight excluding hydrogens is 756 g/mol. The highest BCUT2D eigenvalue weighted by atomic mass is 35.5. The molecule has 9 rings (SSSR count). The van der Waals surface area contributed by atoms with Crippen LogP contribution in [0.5, 0.6) is 5.75 Å². The van der Waals surface area contributed by atoms with Gasteiger partial charge in [0, 0.05) is 53.3 Å². The zero-order valence-electron chi connectivity index (χ0n) is 32.0. The second-order valence-corrected chi connectivity index (χ2v) is 17.0. The minimum atomic E-state index is -0.325. The fraction of sp³-hybridized carbons (Fsp3) is 0.395. The van der Waals surface area contributed by atoms with Crippen molar-refractivity contribution in [2.75, 3.05) is 18.0 Å². The van der Waals surface area contributed by atoms with Gasteiger partial charge in [0.15, 0.2) is 17.3 Å². The van der Waals surface area contributed by atoms with Crippen molar-refractivity contribution in [2.24, 2.45) is 10.9 Å². The predicted octanol–water partition coefficient (Wildman–Crippen LogP) is 7.19. The van der Waals surface area contributed by atoms with Crippen LogP contribution in [0.1, 0.15) is 106 Å². The van der Waals surface area contributed by atoms with E-state index in [0.29, 0.717) is 22.0 Å². The highest BCUT2D eigenvalue weighted by Gasteiger charge is 2.51. The van der Waals surface area contributed by atoms with E-state index in [1.807, 2.05) is 25.3 Å². The number of halogens is 1. The number of fused-ring (bicyclic) bond motifs is 4. The van der Waals surface area contributed by atoms with Crippen LogP contribution < -0.4 is 15.0 Å². The molecule has 6 heterocycles. The second-order valence-electron chi connectivity index (χ2n) is 15.4. The Kier molecular flexibility index (Phi) is 9.75. The van der Waals surface area contributed by atoms with Gasteiger partial charge in [-0.05, 0) is 120 Å². The van der Waals surface area contributed by atoms with Gasteiger partial charge in [-0.1, -0.05) is 17.5 Å². The monoisotopic (exact) mass is 796 g/mol. The predicted molar refractivity (Wildman–Crippen MR) is 218 cm³/mol. The Morgan fingerprint density at radius 2 is 1.79 bits per heavy atom. The van der Waals surface area contributed by atoms with Crippen LogP contribution in [0.15, 0.2) is 53.7 Å². The summed E-state index contributed by atoms with van der Waals surface area (Å²) >= 11 is 7.93. The molecule has 0 bridgehead atoms. The Bertz CT molecular complexity index is 2490. The molecule has 4 aliphatic rings. The topological polar surface area (TPSA) is 147 Å². The van der Waals surface area contributed by atoms with Crippen molar-refractivity contribution in [1.29, 1.82) is 5.26 Å². The first-order valence-electron chi connectivity index (χ1n) is 19.5. The maximum Gasteiger partial charge on any atom is 0.272 e.